The first kappa shape index (κ1) is 21.8. The maximum atomic E-state index is 13.0. The van der Waals surface area contributed by atoms with Gasteiger partial charge in [0.1, 0.15) is 0 Å². The summed E-state index contributed by atoms with van der Waals surface area (Å²) >= 11 is 4.88. The van der Waals surface area contributed by atoms with Gasteiger partial charge in [0.05, 0.1) is 28.4 Å². The lowest BCUT2D eigenvalue weighted by Crippen LogP contribution is -2.36. The molecule has 0 spiro atoms. The third-order valence-corrected chi connectivity index (χ3v) is 5.65. The van der Waals surface area contributed by atoms with Crippen LogP contribution in [0.3, 0.4) is 0 Å². The summed E-state index contributed by atoms with van der Waals surface area (Å²) in [5, 5.41) is 11.5. The first-order valence-corrected chi connectivity index (χ1v) is 10.6. The van der Waals surface area contributed by atoms with Crippen LogP contribution >= 0.6 is 27.3 Å². The molecule has 0 saturated heterocycles. The van der Waals surface area contributed by atoms with E-state index in [1.54, 1.807) is 18.2 Å². The third kappa shape index (κ3) is 5.56. The van der Waals surface area contributed by atoms with Crippen LogP contribution in [0.5, 0.6) is 0 Å². The van der Waals surface area contributed by atoms with Gasteiger partial charge in [-0.1, -0.05) is 52.8 Å². The predicted molar refractivity (Wildman–Crippen MR) is 121 cm³/mol. The molecule has 0 radical (unpaired) electrons. The van der Waals surface area contributed by atoms with E-state index >= 15 is 0 Å². The van der Waals surface area contributed by atoms with Crippen LogP contribution in [0.15, 0.2) is 77.1 Å². The average Bonchev–Trinajstić information content (AvgIpc) is 3.28. The summed E-state index contributed by atoms with van der Waals surface area (Å²) in [5.41, 5.74) is 4.42. The SMILES string of the molecule is C=C(NOCC(=O)N(Cc1ccc(Br)cc1)c1ccccc1C(=O)O)c1cccs1. The van der Waals surface area contributed by atoms with E-state index in [-0.39, 0.29) is 18.7 Å². The smallest absolute Gasteiger partial charge is 0.337 e. The van der Waals surface area contributed by atoms with Gasteiger partial charge in [-0.2, -0.15) is 0 Å². The Kier molecular flexibility index (Phi) is 7.40. The zero-order valence-corrected chi connectivity index (χ0v) is 18.3. The zero-order chi connectivity index (χ0) is 21.5. The molecule has 1 aromatic heterocycles. The Hall–Kier alpha value is -2.94. The summed E-state index contributed by atoms with van der Waals surface area (Å²) in [5.74, 6) is -1.50. The lowest BCUT2D eigenvalue weighted by Gasteiger charge is -2.24. The number of carbonyl (C=O) groups is 2. The monoisotopic (exact) mass is 486 g/mol. The van der Waals surface area contributed by atoms with Crippen molar-refractivity contribution >= 4 is 50.5 Å². The van der Waals surface area contributed by atoms with E-state index in [9.17, 15) is 14.7 Å². The van der Waals surface area contributed by atoms with E-state index in [0.717, 1.165) is 14.9 Å². The molecule has 0 saturated carbocycles. The van der Waals surface area contributed by atoms with Crippen LogP contribution in [0.1, 0.15) is 20.8 Å². The van der Waals surface area contributed by atoms with Gasteiger partial charge >= 0.3 is 5.97 Å². The van der Waals surface area contributed by atoms with Crippen molar-refractivity contribution in [2.45, 2.75) is 6.54 Å². The number of carboxylic acids is 1. The van der Waals surface area contributed by atoms with Crippen molar-refractivity contribution in [3.63, 3.8) is 0 Å². The summed E-state index contributed by atoms with van der Waals surface area (Å²) in [6, 6.07) is 17.6. The predicted octanol–water partition coefficient (Wildman–Crippen LogP) is 4.93. The molecule has 3 aromatic rings. The minimum atomic E-state index is -1.11. The maximum Gasteiger partial charge on any atom is 0.337 e. The van der Waals surface area contributed by atoms with Gasteiger partial charge in [0.2, 0.25) is 0 Å². The maximum absolute atomic E-state index is 13.0. The molecule has 1 heterocycles. The molecule has 2 aromatic carbocycles. The van der Waals surface area contributed by atoms with E-state index in [4.69, 9.17) is 4.84 Å². The number of carbonyl (C=O) groups excluding carboxylic acids is 1. The molecule has 0 aliphatic rings. The fraction of sp³-hybridized carbons (Fsp3) is 0.0909. The van der Waals surface area contributed by atoms with Crippen LogP contribution in [-0.4, -0.2) is 23.6 Å². The van der Waals surface area contributed by atoms with Gasteiger partial charge in [0.15, 0.2) is 6.61 Å². The Bertz CT molecular complexity index is 1040. The fourth-order valence-corrected chi connectivity index (χ4v) is 3.64. The molecule has 0 bridgehead atoms. The second-order valence-electron chi connectivity index (χ2n) is 6.28. The number of anilines is 1. The second kappa shape index (κ2) is 10.2. The van der Waals surface area contributed by atoms with E-state index in [0.29, 0.717) is 11.4 Å². The summed E-state index contributed by atoms with van der Waals surface area (Å²) in [6.45, 7) is 3.78. The zero-order valence-electron chi connectivity index (χ0n) is 15.9. The molecular formula is C22H19BrN2O4S. The summed E-state index contributed by atoms with van der Waals surface area (Å²) in [7, 11) is 0. The largest absolute Gasteiger partial charge is 0.478 e. The molecule has 0 aliphatic carbocycles. The van der Waals surface area contributed by atoms with Gasteiger partial charge in [0, 0.05) is 4.47 Å². The van der Waals surface area contributed by atoms with Crippen LogP contribution < -0.4 is 10.4 Å². The van der Waals surface area contributed by atoms with Gasteiger partial charge in [-0.25, -0.2) is 4.79 Å². The van der Waals surface area contributed by atoms with Crippen LogP contribution in [0.25, 0.3) is 5.70 Å². The molecular weight excluding hydrogens is 468 g/mol. The number of amides is 1. The van der Waals surface area contributed by atoms with E-state index in [2.05, 4.69) is 28.0 Å². The Morgan fingerprint density at radius 2 is 1.83 bits per heavy atom. The van der Waals surface area contributed by atoms with E-state index in [1.165, 1.54) is 22.3 Å². The van der Waals surface area contributed by atoms with Crippen molar-refractivity contribution in [3.8, 4) is 0 Å². The molecule has 0 atom stereocenters. The number of hydroxylamine groups is 1. The van der Waals surface area contributed by atoms with Gasteiger partial charge in [-0.05, 0) is 41.3 Å². The van der Waals surface area contributed by atoms with Gasteiger partial charge in [-0.15, -0.1) is 11.3 Å². The number of thiophene rings is 1. The number of benzene rings is 2. The molecule has 3 rings (SSSR count). The number of halogens is 1. The van der Waals surface area contributed by atoms with Crippen LogP contribution in [0.4, 0.5) is 5.69 Å². The fourth-order valence-electron chi connectivity index (χ4n) is 2.73. The highest BCUT2D eigenvalue weighted by Crippen LogP contribution is 2.24. The number of rotatable bonds is 9. The van der Waals surface area contributed by atoms with Crippen LogP contribution in [0.2, 0.25) is 0 Å². The normalized spacial score (nSPS) is 10.4. The highest BCUT2D eigenvalue weighted by Gasteiger charge is 2.22. The highest BCUT2D eigenvalue weighted by molar-refractivity contribution is 9.10. The number of aromatic carboxylic acids is 1. The van der Waals surface area contributed by atoms with Crippen molar-refractivity contribution in [3.05, 3.63) is 93.1 Å². The van der Waals surface area contributed by atoms with Gasteiger partial charge in [-0.3, -0.25) is 15.1 Å². The Labute approximate surface area is 186 Å². The molecule has 154 valence electrons. The quantitative estimate of drug-likeness (QED) is 0.419. The topological polar surface area (TPSA) is 78.9 Å². The van der Waals surface area contributed by atoms with E-state index < -0.39 is 11.9 Å². The highest BCUT2D eigenvalue weighted by atomic mass is 79.9. The molecule has 6 nitrogen and oxygen atoms in total. The Morgan fingerprint density at radius 3 is 2.50 bits per heavy atom. The molecule has 0 unspecified atom stereocenters. The minimum Gasteiger partial charge on any atom is -0.478 e. The molecule has 30 heavy (non-hydrogen) atoms. The van der Waals surface area contributed by atoms with Gasteiger partial charge < -0.3 is 10.0 Å². The number of nitrogens with one attached hydrogen (secondary N) is 1. The van der Waals surface area contributed by atoms with Crippen LogP contribution in [-0.2, 0) is 16.2 Å². The Balaban J connectivity index is 1.78. The first-order chi connectivity index (χ1) is 14.5. The van der Waals surface area contributed by atoms with Crippen molar-refractivity contribution in [2.24, 2.45) is 0 Å². The van der Waals surface area contributed by atoms with Crippen molar-refractivity contribution in [1.29, 1.82) is 0 Å². The van der Waals surface area contributed by atoms with E-state index in [1.807, 2.05) is 41.8 Å². The molecule has 8 heteroatoms. The minimum absolute atomic E-state index is 0.0407. The number of hydrogen-bond acceptors (Lipinski definition) is 5. The van der Waals surface area contributed by atoms with Crippen molar-refractivity contribution in [2.75, 3.05) is 11.5 Å². The number of nitrogens with zero attached hydrogens (tertiary/aromatic N) is 1. The van der Waals surface area contributed by atoms with Crippen molar-refractivity contribution in [1.82, 2.24) is 5.48 Å². The molecule has 0 aliphatic heterocycles. The average molecular weight is 487 g/mol. The standard InChI is InChI=1S/C22H19BrN2O4S/c1-15(20-7-4-12-30-20)24-29-14-21(26)25(13-16-8-10-17(23)11-9-16)19-6-3-2-5-18(19)22(27)28/h2-12,24H,1,13-14H2,(H,27,28). The Morgan fingerprint density at radius 1 is 1.10 bits per heavy atom. The molecule has 2 N–H and O–H groups in total. The van der Waals surface area contributed by atoms with Crippen LogP contribution in [0, 0.1) is 0 Å². The van der Waals surface area contributed by atoms with Gasteiger partial charge in [0.25, 0.3) is 5.91 Å². The molecule has 1 amide bonds. The van der Waals surface area contributed by atoms with Crippen molar-refractivity contribution < 1.29 is 19.5 Å². The second-order valence-corrected chi connectivity index (χ2v) is 8.14. The lowest BCUT2D eigenvalue weighted by molar-refractivity contribution is -0.124. The summed E-state index contributed by atoms with van der Waals surface area (Å²) in [4.78, 5) is 32.3. The first-order valence-electron chi connectivity index (χ1n) is 8.93. The number of carboxylic acid groups (broad SMARTS) is 1. The molecule has 0 fully saturated rings. The third-order valence-electron chi connectivity index (χ3n) is 4.19. The summed E-state index contributed by atoms with van der Waals surface area (Å²) < 4.78 is 0.912. The number of para-hydroxylation sites is 1. The summed E-state index contributed by atoms with van der Waals surface area (Å²) in [6.07, 6.45) is 0. The number of hydrogen-bond donors (Lipinski definition) is 2. The lowest BCUT2D eigenvalue weighted by atomic mass is 10.1.